The summed E-state index contributed by atoms with van der Waals surface area (Å²) in [6.07, 6.45) is 3.18. The Bertz CT molecular complexity index is 1030. The Labute approximate surface area is 136 Å². The van der Waals surface area contributed by atoms with Crippen LogP contribution in [-0.4, -0.2) is 15.0 Å². The van der Waals surface area contributed by atoms with Gasteiger partial charge in [0.1, 0.15) is 6.33 Å². The molecule has 2 heterocycles. The Kier molecular flexibility index (Phi) is 3.30. The molecule has 0 saturated carbocycles. The molecule has 5 heteroatoms. The van der Waals surface area contributed by atoms with Gasteiger partial charge in [-0.1, -0.05) is 18.2 Å². The molecule has 108 valence electrons. The van der Waals surface area contributed by atoms with Crippen LogP contribution in [0.3, 0.4) is 0 Å². The predicted octanol–water partition coefficient (Wildman–Crippen LogP) is 4.29. The highest BCUT2D eigenvalue weighted by molar-refractivity contribution is 7.16. The summed E-state index contributed by atoms with van der Waals surface area (Å²) >= 11 is 1.62. The second-order valence-corrected chi connectivity index (χ2v) is 5.86. The molecular weight excluding hydrogens is 304 g/mol. The van der Waals surface area contributed by atoms with E-state index in [1.54, 1.807) is 17.5 Å². The van der Waals surface area contributed by atoms with Gasteiger partial charge in [0.05, 0.1) is 33.1 Å². The van der Waals surface area contributed by atoms with Gasteiger partial charge in [-0.15, -0.1) is 11.3 Å². The number of nitriles is 1. The molecule has 0 spiro atoms. The molecule has 0 fully saturated rings. The standard InChI is InChI=1S/C18H10N4S/c19-9-13-2-1-3-14(18(13)15-6-7-20-10-21-15)12-4-5-17-16(8-12)22-11-23-17/h1-8,10-11H. The zero-order chi connectivity index (χ0) is 15.6. The first-order valence-corrected chi connectivity index (χ1v) is 7.88. The maximum Gasteiger partial charge on any atom is 0.116 e. The highest BCUT2D eigenvalue weighted by Gasteiger charge is 2.14. The zero-order valence-electron chi connectivity index (χ0n) is 12.0. The summed E-state index contributed by atoms with van der Waals surface area (Å²) in [4.78, 5) is 12.7. The fraction of sp³-hybridized carbons (Fsp3) is 0. The van der Waals surface area contributed by atoms with Gasteiger partial charge in [0.2, 0.25) is 0 Å². The van der Waals surface area contributed by atoms with Crippen LogP contribution in [0.5, 0.6) is 0 Å². The van der Waals surface area contributed by atoms with E-state index in [0.717, 1.165) is 32.6 Å². The van der Waals surface area contributed by atoms with Crippen molar-refractivity contribution in [2.24, 2.45) is 0 Å². The summed E-state index contributed by atoms with van der Waals surface area (Å²) < 4.78 is 1.15. The third kappa shape index (κ3) is 2.35. The lowest BCUT2D eigenvalue weighted by Crippen LogP contribution is -1.92. The van der Waals surface area contributed by atoms with Crippen molar-refractivity contribution in [3.63, 3.8) is 0 Å². The number of hydrogen-bond donors (Lipinski definition) is 0. The van der Waals surface area contributed by atoms with Crippen molar-refractivity contribution in [3.05, 3.63) is 66.1 Å². The summed E-state index contributed by atoms with van der Waals surface area (Å²) in [6, 6.07) is 16.0. The number of thiazole rings is 1. The molecule has 4 rings (SSSR count). The zero-order valence-corrected chi connectivity index (χ0v) is 12.8. The van der Waals surface area contributed by atoms with Crippen molar-refractivity contribution in [2.45, 2.75) is 0 Å². The minimum Gasteiger partial charge on any atom is -0.245 e. The molecule has 0 aliphatic rings. The van der Waals surface area contributed by atoms with Gasteiger partial charge in [-0.05, 0) is 35.4 Å². The molecule has 2 aromatic carbocycles. The Hall–Kier alpha value is -3.10. The molecule has 0 radical (unpaired) electrons. The normalized spacial score (nSPS) is 10.6. The van der Waals surface area contributed by atoms with Gasteiger partial charge in [0, 0.05) is 11.8 Å². The lowest BCUT2D eigenvalue weighted by molar-refractivity contribution is 1.17. The molecule has 2 aromatic heterocycles. The van der Waals surface area contributed by atoms with E-state index in [9.17, 15) is 5.26 Å². The molecule has 0 amide bonds. The molecule has 4 nitrogen and oxygen atoms in total. The molecule has 23 heavy (non-hydrogen) atoms. The maximum absolute atomic E-state index is 9.49. The lowest BCUT2D eigenvalue weighted by Gasteiger charge is -2.11. The third-order valence-electron chi connectivity index (χ3n) is 3.66. The van der Waals surface area contributed by atoms with Gasteiger partial charge in [0.25, 0.3) is 0 Å². The SMILES string of the molecule is N#Cc1cccc(-c2ccc3scnc3c2)c1-c1ccncn1. The van der Waals surface area contributed by atoms with Gasteiger partial charge in [0.15, 0.2) is 0 Å². The van der Waals surface area contributed by atoms with Crippen LogP contribution in [0.2, 0.25) is 0 Å². The lowest BCUT2D eigenvalue weighted by atomic mass is 9.93. The topological polar surface area (TPSA) is 62.5 Å². The van der Waals surface area contributed by atoms with Crippen LogP contribution >= 0.6 is 11.3 Å². The largest absolute Gasteiger partial charge is 0.245 e. The van der Waals surface area contributed by atoms with E-state index in [1.807, 2.05) is 35.8 Å². The second kappa shape index (κ2) is 5.59. The van der Waals surface area contributed by atoms with Gasteiger partial charge >= 0.3 is 0 Å². The minimum absolute atomic E-state index is 0.597. The Morgan fingerprint density at radius 2 is 2.00 bits per heavy atom. The second-order valence-electron chi connectivity index (χ2n) is 4.97. The van der Waals surface area contributed by atoms with Crippen LogP contribution in [0.1, 0.15) is 5.56 Å². The molecule has 0 aliphatic carbocycles. The number of hydrogen-bond acceptors (Lipinski definition) is 5. The van der Waals surface area contributed by atoms with Gasteiger partial charge < -0.3 is 0 Å². The van der Waals surface area contributed by atoms with Crippen molar-refractivity contribution >= 4 is 21.6 Å². The molecule has 4 aromatic rings. The first kappa shape index (κ1) is 13.6. The monoisotopic (exact) mass is 314 g/mol. The molecule has 0 bridgehead atoms. The molecule has 0 saturated heterocycles. The van der Waals surface area contributed by atoms with E-state index in [0.29, 0.717) is 5.56 Å². The van der Waals surface area contributed by atoms with Crippen molar-refractivity contribution in [2.75, 3.05) is 0 Å². The fourth-order valence-electron chi connectivity index (χ4n) is 2.63. The Balaban J connectivity index is 2.00. The minimum atomic E-state index is 0.597. The van der Waals surface area contributed by atoms with Crippen LogP contribution in [-0.2, 0) is 0 Å². The maximum atomic E-state index is 9.49. The number of fused-ring (bicyclic) bond motifs is 1. The first-order valence-electron chi connectivity index (χ1n) is 7.00. The van der Waals surface area contributed by atoms with Gasteiger partial charge in [-0.25, -0.2) is 15.0 Å². The quantitative estimate of drug-likeness (QED) is 0.553. The predicted molar refractivity (Wildman–Crippen MR) is 90.8 cm³/mol. The van der Waals surface area contributed by atoms with Crippen LogP contribution < -0.4 is 0 Å². The highest BCUT2D eigenvalue weighted by Crippen LogP contribution is 2.35. The molecule has 0 unspecified atom stereocenters. The van der Waals surface area contributed by atoms with Gasteiger partial charge in [-0.3, -0.25) is 0 Å². The van der Waals surface area contributed by atoms with E-state index in [-0.39, 0.29) is 0 Å². The van der Waals surface area contributed by atoms with Crippen LogP contribution in [0.15, 0.2) is 60.5 Å². The highest BCUT2D eigenvalue weighted by atomic mass is 32.1. The Morgan fingerprint density at radius 3 is 2.83 bits per heavy atom. The number of aromatic nitrogens is 3. The summed E-state index contributed by atoms with van der Waals surface area (Å²) in [5.41, 5.74) is 6.96. The molecule has 0 atom stereocenters. The number of benzene rings is 2. The summed E-state index contributed by atoms with van der Waals surface area (Å²) in [6.45, 7) is 0. The summed E-state index contributed by atoms with van der Waals surface area (Å²) in [5, 5.41) is 9.49. The van der Waals surface area contributed by atoms with Crippen molar-refractivity contribution in [1.82, 2.24) is 15.0 Å². The van der Waals surface area contributed by atoms with Gasteiger partial charge in [-0.2, -0.15) is 5.26 Å². The van der Waals surface area contributed by atoms with Crippen molar-refractivity contribution < 1.29 is 0 Å². The number of nitrogens with zero attached hydrogens (tertiary/aromatic N) is 4. The fourth-order valence-corrected chi connectivity index (χ4v) is 3.28. The third-order valence-corrected chi connectivity index (χ3v) is 4.47. The molecular formula is C18H10N4S. The van der Waals surface area contributed by atoms with Crippen LogP contribution in [0, 0.1) is 11.3 Å². The smallest absolute Gasteiger partial charge is 0.116 e. The summed E-state index contributed by atoms with van der Waals surface area (Å²) in [5.74, 6) is 0. The van der Waals surface area contributed by atoms with E-state index in [1.165, 1.54) is 6.33 Å². The van der Waals surface area contributed by atoms with E-state index in [2.05, 4.69) is 33.2 Å². The van der Waals surface area contributed by atoms with Crippen LogP contribution in [0.4, 0.5) is 0 Å². The van der Waals surface area contributed by atoms with Crippen molar-refractivity contribution in [1.29, 1.82) is 5.26 Å². The average Bonchev–Trinajstić information content (AvgIpc) is 3.09. The van der Waals surface area contributed by atoms with E-state index < -0.39 is 0 Å². The average molecular weight is 314 g/mol. The number of rotatable bonds is 2. The Morgan fingerprint density at radius 1 is 1.04 bits per heavy atom. The van der Waals surface area contributed by atoms with E-state index >= 15 is 0 Å². The summed E-state index contributed by atoms with van der Waals surface area (Å²) in [7, 11) is 0. The molecule has 0 aliphatic heterocycles. The van der Waals surface area contributed by atoms with Crippen LogP contribution in [0.25, 0.3) is 32.6 Å². The molecule has 0 N–H and O–H groups in total. The van der Waals surface area contributed by atoms with E-state index in [4.69, 9.17) is 0 Å². The first-order chi connectivity index (χ1) is 11.4. The van der Waals surface area contributed by atoms with Crippen molar-refractivity contribution in [3.8, 4) is 28.5 Å².